The number of rotatable bonds is 7. The molecular formula is C6H12NO7PS. The Kier molecular flexibility index (Phi) is 5.84. The highest BCUT2D eigenvalue weighted by molar-refractivity contribution is 7.87. The van der Waals surface area contributed by atoms with Gasteiger partial charge >= 0.3 is 23.5 Å². The molecule has 0 aliphatic carbocycles. The molecule has 0 bridgehead atoms. The van der Waals surface area contributed by atoms with Crippen LogP contribution in [0.15, 0.2) is 12.7 Å². The summed E-state index contributed by atoms with van der Waals surface area (Å²) in [4.78, 5) is 11.2. The predicted octanol–water partition coefficient (Wildman–Crippen LogP) is 0.629. The Balaban J connectivity index is 4.68. The summed E-state index contributed by atoms with van der Waals surface area (Å²) < 4.78 is 47.7. The van der Waals surface area contributed by atoms with Gasteiger partial charge in [-0.1, -0.05) is 6.08 Å². The molecule has 0 aliphatic heterocycles. The molecule has 8 nitrogen and oxygen atoms in total. The summed E-state index contributed by atoms with van der Waals surface area (Å²) >= 11 is 0. The lowest BCUT2D eigenvalue weighted by atomic mass is 10.7. The average molecular weight is 273 g/mol. The molecule has 10 heteroatoms. The lowest BCUT2D eigenvalue weighted by molar-refractivity contribution is 0.236. The van der Waals surface area contributed by atoms with E-state index >= 15 is 0 Å². The highest BCUT2D eigenvalue weighted by Gasteiger charge is 2.35. The lowest BCUT2D eigenvalue weighted by Gasteiger charge is -2.12. The van der Waals surface area contributed by atoms with Crippen LogP contribution in [0.5, 0.6) is 0 Å². The lowest BCUT2D eigenvalue weighted by Crippen LogP contribution is -2.31. The van der Waals surface area contributed by atoms with Crippen LogP contribution >= 0.6 is 7.60 Å². The van der Waals surface area contributed by atoms with Gasteiger partial charge in [-0.3, -0.25) is 4.79 Å². The van der Waals surface area contributed by atoms with Crippen molar-refractivity contribution in [2.45, 2.75) is 0 Å². The third kappa shape index (κ3) is 4.42. The van der Waals surface area contributed by atoms with Crippen LogP contribution in [0.25, 0.3) is 0 Å². The van der Waals surface area contributed by atoms with Gasteiger partial charge in [-0.2, -0.15) is 8.42 Å². The summed E-state index contributed by atoms with van der Waals surface area (Å²) in [6.45, 7) is 2.89. The Morgan fingerprint density at radius 1 is 1.44 bits per heavy atom. The maximum atomic E-state index is 11.4. The van der Waals surface area contributed by atoms with E-state index in [1.807, 2.05) is 0 Å². The van der Waals surface area contributed by atoms with E-state index in [2.05, 4.69) is 19.8 Å². The van der Waals surface area contributed by atoms with Gasteiger partial charge in [0, 0.05) is 14.2 Å². The number of carbonyl (C=O) groups is 1. The number of carbonyl (C=O) groups excluding carboxylic acids is 1. The average Bonchev–Trinajstić information content (AvgIpc) is 2.24. The van der Waals surface area contributed by atoms with Crippen molar-refractivity contribution in [2.24, 2.45) is 0 Å². The van der Waals surface area contributed by atoms with Gasteiger partial charge in [0.25, 0.3) is 0 Å². The van der Waals surface area contributed by atoms with Gasteiger partial charge in [0.1, 0.15) is 0 Å². The first-order valence-corrected chi connectivity index (χ1v) is 6.80. The zero-order chi connectivity index (χ0) is 12.8. The Hall–Kier alpha value is -0.730. The second kappa shape index (κ2) is 6.12. The third-order valence-corrected chi connectivity index (χ3v) is 3.89. The van der Waals surface area contributed by atoms with E-state index in [4.69, 9.17) is 0 Å². The smallest absolute Gasteiger partial charge is 0.305 e. The topological polar surface area (TPSA) is 108 Å². The quantitative estimate of drug-likeness (QED) is 0.535. The number of hydrogen-bond acceptors (Lipinski definition) is 7. The van der Waals surface area contributed by atoms with Gasteiger partial charge in [0.2, 0.25) is 0 Å². The summed E-state index contributed by atoms with van der Waals surface area (Å²) in [7, 11) is -6.59. The standard InChI is InChI=1S/C6H12NO7PS/c1-4-5-14-16(10,11)7-6(8)15(9,12-2)13-3/h4H,1,5H2,2-3H3,(H,7,8). The van der Waals surface area contributed by atoms with Crippen LogP contribution in [0.4, 0.5) is 4.79 Å². The minimum atomic E-state index is -4.35. The molecule has 0 saturated heterocycles. The zero-order valence-corrected chi connectivity index (χ0v) is 10.4. The van der Waals surface area contributed by atoms with E-state index in [-0.39, 0.29) is 6.61 Å². The Morgan fingerprint density at radius 3 is 2.31 bits per heavy atom. The molecule has 94 valence electrons. The van der Waals surface area contributed by atoms with Crippen molar-refractivity contribution < 1.29 is 31.0 Å². The first-order valence-electron chi connectivity index (χ1n) is 3.85. The van der Waals surface area contributed by atoms with Crippen LogP contribution in [0.3, 0.4) is 0 Å². The van der Waals surface area contributed by atoms with Crippen LogP contribution in [-0.4, -0.2) is 34.9 Å². The van der Waals surface area contributed by atoms with E-state index < -0.39 is 23.5 Å². The van der Waals surface area contributed by atoms with Gasteiger partial charge in [-0.15, -0.1) is 6.58 Å². The molecule has 0 spiro atoms. The fourth-order valence-electron chi connectivity index (χ4n) is 0.570. The summed E-state index contributed by atoms with van der Waals surface area (Å²) in [6.07, 6.45) is 1.16. The van der Waals surface area contributed by atoms with Crippen molar-refractivity contribution in [1.29, 1.82) is 0 Å². The van der Waals surface area contributed by atoms with E-state index in [0.717, 1.165) is 20.3 Å². The second-order valence-corrected chi connectivity index (χ2v) is 5.78. The molecule has 0 saturated carbocycles. The summed E-state index contributed by atoms with van der Waals surface area (Å²) in [5, 5.41) is 0. The third-order valence-electron chi connectivity index (χ3n) is 1.28. The maximum Gasteiger partial charge on any atom is 0.418 e. The molecule has 0 aromatic rings. The monoisotopic (exact) mass is 273 g/mol. The van der Waals surface area contributed by atoms with Crippen LogP contribution < -0.4 is 4.72 Å². The molecule has 0 aromatic carbocycles. The Labute approximate surface area is 93.4 Å². The molecule has 0 atom stereocenters. The first kappa shape index (κ1) is 15.3. The molecule has 0 rings (SSSR count). The van der Waals surface area contributed by atoms with Crippen molar-refractivity contribution >= 4 is 23.5 Å². The highest BCUT2D eigenvalue weighted by atomic mass is 32.2. The molecule has 0 radical (unpaired) electrons. The largest absolute Gasteiger partial charge is 0.418 e. The minimum Gasteiger partial charge on any atom is -0.305 e. The first-order chi connectivity index (χ1) is 7.31. The van der Waals surface area contributed by atoms with Crippen molar-refractivity contribution in [2.75, 3.05) is 20.8 Å². The molecule has 16 heavy (non-hydrogen) atoms. The highest BCUT2D eigenvalue weighted by Crippen LogP contribution is 2.46. The van der Waals surface area contributed by atoms with Crippen molar-refractivity contribution in [3.05, 3.63) is 12.7 Å². The van der Waals surface area contributed by atoms with Crippen molar-refractivity contribution in [3.63, 3.8) is 0 Å². The Bertz CT molecular complexity index is 395. The number of amides is 1. The van der Waals surface area contributed by atoms with E-state index in [1.165, 1.54) is 4.72 Å². The van der Waals surface area contributed by atoms with Crippen LogP contribution in [-0.2, 0) is 28.1 Å². The molecule has 0 fully saturated rings. The summed E-state index contributed by atoms with van der Waals surface area (Å²) in [6, 6.07) is 0. The fourth-order valence-corrected chi connectivity index (χ4v) is 2.38. The molecular weight excluding hydrogens is 261 g/mol. The van der Waals surface area contributed by atoms with Gasteiger partial charge in [-0.05, 0) is 0 Å². The van der Waals surface area contributed by atoms with E-state index in [9.17, 15) is 17.8 Å². The Morgan fingerprint density at radius 2 is 1.94 bits per heavy atom. The van der Waals surface area contributed by atoms with E-state index in [1.54, 1.807) is 0 Å². The van der Waals surface area contributed by atoms with Crippen molar-refractivity contribution in [1.82, 2.24) is 4.72 Å². The fraction of sp³-hybridized carbons (Fsp3) is 0.500. The zero-order valence-electron chi connectivity index (χ0n) is 8.70. The summed E-state index contributed by atoms with van der Waals surface area (Å²) in [5.74, 6) is 0. The molecule has 1 amide bonds. The molecule has 0 aromatic heterocycles. The van der Waals surface area contributed by atoms with Crippen LogP contribution in [0, 0.1) is 0 Å². The molecule has 1 N–H and O–H groups in total. The second-order valence-electron chi connectivity index (χ2n) is 2.30. The van der Waals surface area contributed by atoms with Gasteiger partial charge < -0.3 is 9.05 Å². The van der Waals surface area contributed by atoms with E-state index in [0.29, 0.717) is 0 Å². The maximum absolute atomic E-state index is 11.4. The molecule has 0 aliphatic rings. The normalized spacial score (nSPS) is 12.1. The van der Waals surface area contributed by atoms with Gasteiger partial charge in [-0.25, -0.2) is 13.5 Å². The number of hydrogen-bond donors (Lipinski definition) is 1. The van der Waals surface area contributed by atoms with Crippen molar-refractivity contribution in [3.8, 4) is 0 Å². The SMILES string of the molecule is C=CCOS(=O)(=O)NC(=O)P(=O)(OC)OC. The minimum absolute atomic E-state index is 0.327. The molecule has 0 unspecified atom stereocenters. The summed E-state index contributed by atoms with van der Waals surface area (Å²) in [5.41, 5.74) is -1.43. The predicted molar refractivity (Wildman–Crippen MR) is 55.2 cm³/mol. The van der Waals surface area contributed by atoms with Gasteiger partial charge in [0.05, 0.1) is 6.61 Å². The van der Waals surface area contributed by atoms with Crippen LogP contribution in [0.1, 0.15) is 0 Å². The molecule has 0 heterocycles. The van der Waals surface area contributed by atoms with Crippen LogP contribution in [0.2, 0.25) is 0 Å². The van der Waals surface area contributed by atoms with Gasteiger partial charge in [0.15, 0.2) is 0 Å². The number of nitrogens with one attached hydrogen (secondary N) is 1.